The van der Waals surface area contributed by atoms with E-state index in [4.69, 9.17) is 0 Å². The Morgan fingerprint density at radius 1 is 0.605 bits per heavy atom. The van der Waals surface area contributed by atoms with Crippen LogP contribution in [0, 0.1) is 0 Å². The Balaban J connectivity index is 1.15. The highest BCUT2D eigenvalue weighted by molar-refractivity contribution is 7.39. The molecule has 0 bridgehead atoms. The van der Waals surface area contributed by atoms with E-state index in [2.05, 4.69) is 12.1 Å². The lowest BCUT2D eigenvalue weighted by Gasteiger charge is -2.36. The minimum absolute atomic E-state index is 0.173. The van der Waals surface area contributed by atoms with Gasteiger partial charge in [0.1, 0.15) is 0 Å². The second-order valence-corrected chi connectivity index (χ2v) is 14.9. The van der Waals surface area contributed by atoms with Gasteiger partial charge in [-0.3, -0.25) is 19.2 Å². The summed E-state index contributed by atoms with van der Waals surface area (Å²) in [6.45, 7) is 0. The molecule has 4 aliphatic carbocycles. The molecule has 0 N–H and O–H groups in total. The number of hydrogen-bond acceptors (Lipinski definition) is 7. The molecule has 3 heterocycles. The fourth-order valence-electron chi connectivity index (χ4n) is 7.44. The van der Waals surface area contributed by atoms with Gasteiger partial charge in [-0.2, -0.15) is 0 Å². The van der Waals surface area contributed by atoms with E-state index < -0.39 is 0 Å². The number of allylic oxidation sites excluding steroid dienone is 4. The van der Waals surface area contributed by atoms with Crippen molar-refractivity contribution in [3.05, 3.63) is 115 Å². The second kappa shape index (κ2) is 8.99. The molecule has 1 fully saturated rings. The van der Waals surface area contributed by atoms with E-state index in [0.29, 0.717) is 22.3 Å². The van der Waals surface area contributed by atoms with Gasteiger partial charge >= 0.3 is 0 Å². The fraction of sp³-hybridized carbons (Fsp3) is 0.167. The van der Waals surface area contributed by atoms with Gasteiger partial charge in [-0.25, -0.2) is 0 Å². The van der Waals surface area contributed by atoms with Gasteiger partial charge in [-0.15, -0.1) is 34.0 Å². The van der Waals surface area contributed by atoms with Crippen LogP contribution < -0.4 is 0 Å². The molecule has 0 atom stereocenters. The third kappa shape index (κ3) is 3.41. The molecule has 0 radical (unpaired) electrons. The monoisotopic (exact) mass is 614 g/mol. The number of benzene rings is 2. The molecule has 1 saturated carbocycles. The lowest BCUT2D eigenvalue weighted by atomic mass is 9.67. The summed E-state index contributed by atoms with van der Waals surface area (Å²) in [6, 6.07) is 16.2. The molecule has 43 heavy (non-hydrogen) atoms. The minimum Gasteiger partial charge on any atom is -0.288 e. The van der Waals surface area contributed by atoms with Gasteiger partial charge in [0, 0.05) is 42.1 Å². The summed E-state index contributed by atoms with van der Waals surface area (Å²) >= 11 is 5.19. The Hall–Kier alpha value is -4.04. The lowest BCUT2D eigenvalue weighted by molar-refractivity contribution is 0.0974. The van der Waals surface area contributed by atoms with Crippen LogP contribution in [-0.4, -0.2) is 23.1 Å². The van der Waals surface area contributed by atoms with Crippen LogP contribution in [0.3, 0.4) is 0 Å². The van der Waals surface area contributed by atoms with Crippen molar-refractivity contribution in [1.82, 2.24) is 0 Å². The molecule has 0 saturated heterocycles. The van der Waals surface area contributed by atoms with Gasteiger partial charge < -0.3 is 0 Å². The normalized spacial score (nSPS) is 18.7. The summed E-state index contributed by atoms with van der Waals surface area (Å²) in [5.41, 5.74) is 4.75. The molecule has 4 aliphatic rings. The van der Waals surface area contributed by atoms with Gasteiger partial charge in [0.15, 0.2) is 23.1 Å². The van der Waals surface area contributed by atoms with Crippen LogP contribution in [-0.2, 0) is 5.41 Å². The predicted molar refractivity (Wildman–Crippen MR) is 174 cm³/mol. The van der Waals surface area contributed by atoms with E-state index in [1.165, 1.54) is 31.0 Å². The fourth-order valence-corrected chi connectivity index (χ4v) is 11.8. The molecule has 7 heteroatoms. The van der Waals surface area contributed by atoms with Gasteiger partial charge in [0.2, 0.25) is 0 Å². The van der Waals surface area contributed by atoms with Crippen molar-refractivity contribution in [3.8, 4) is 0 Å². The van der Waals surface area contributed by atoms with Crippen molar-refractivity contribution < 1.29 is 19.2 Å². The zero-order valence-electron chi connectivity index (χ0n) is 22.8. The van der Waals surface area contributed by atoms with E-state index in [1.807, 2.05) is 18.2 Å². The third-order valence-electron chi connectivity index (χ3n) is 9.45. The molecule has 208 valence electrons. The summed E-state index contributed by atoms with van der Waals surface area (Å²) in [6.07, 6.45) is 11.3. The molecule has 5 aromatic rings. The molecular weight excluding hydrogens is 593 g/mol. The maximum atomic E-state index is 13.3. The average molecular weight is 615 g/mol. The van der Waals surface area contributed by atoms with Crippen LogP contribution in [0.15, 0.2) is 77.4 Å². The molecule has 9 rings (SSSR count). The van der Waals surface area contributed by atoms with Gasteiger partial charge in [0.05, 0.1) is 25.2 Å². The highest BCUT2D eigenvalue weighted by Crippen LogP contribution is 2.59. The van der Waals surface area contributed by atoms with E-state index in [0.717, 1.165) is 40.8 Å². The Kier molecular flexibility index (Phi) is 5.32. The van der Waals surface area contributed by atoms with Crippen molar-refractivity contribution in [2.75, 3.05) is 0 Å². The summed E-state index contributed by atoms with van der Waals surface area (Å²) in [5, 5.41) is 0. The van der Waals surface area contributed by atoms with Crippen LogP contribution in [0.4, 0.5) is 0 Å². The maximum Gasteiger partial charge on any atom is 0.197 e. The highest BCUT2D eigenvalue weighted by atomic mass is 32.1. The first kappa shape index (κ1) is 25.5. The van der Waals surface area contributed by atoms with E-state index >= 15 is 0 Å². The first-order valence-electron chi connectivity index (χ1n) is 14.5. The largest absolute Gasteiger partial charge is 0.288 e. The van der Waals surface area contributed by atoms with Gasteiger partial charge in [0.25, 0.3) is 0 Å². The van der Waals surface area contributed by atoms with Crippen LogP contribution >= 0.6 is 34.0 Å². The summed E-state index contributed by atoms with van der Waals surface area (Å²) < 4.78 is 4.89. The number of ketones is 4. The highest BCUT2D eigenvalue weighted by Gasteiger charge is 2.46. The van der Waals surface area contributed by atoms with Crippen LogP contribution in [0.25, 0.3) is 31.0 Å². The molecular formula is C36H22O4S3. The van der Waals surface area contributed by atoms with Crippen LogP contribution in [0.2, 0.25) is 0 Å². The third-order valence-corrected chi connectivity index (χ3v) is 13.2. The van der Waals surface area contributed by atoms with E-state index in [1.54, 1.807) is 76.5 Å². The topological polar surface area (TPSA) is 68.3 Å². The van der Waals surface area contributed by atoms with Crippen molar-refractivity contribution in [2.24, 2.45) is 0 Å². The minimum atomic E-state index is -0.203. The molecule has 2 aromatic carbocycles. The van der Waals surface area contributed by atoms with Crippen molar-refractivity contribution in [1.29, 1.82) is 0 Å². The number of fused-ring (bicyclic) bond motifs is 8. The summed E-state index contributed by atoms with van der Waals surface area (Å²) in [4.78, 5) is 54.6. The Morgan fingerprint density at radius 3 is 1.74 bits per heavy atom. The van der Waals surface area contributed by atoms with E-state index in [-0.39, 0.29) is 39.7 Å². The summed E-state index contributed by atoms with van der Waals surface area (Å²) in [5.74, 6) is -0.751. The summed E-state index contributed by atoms with van der Waals surface area (Å²) in [7, 11) is 0. The molecule has 4 nitrogen and oxygen atoms in total. The van der Waals surface area contributed by atoms with Gasteiger partial charge in [-0.05, 0) is 48.3 Å². The van der Waals surface area contributed by atoms with Crippen molar-refractivity contribution in [2.45, 2.75) is 37.5 Å². The maximum absolute atomic E-state index is 13.3. The standard InChI is InChI=1S/C36H22O4S3/c37-29-20-8-2-3-9-21(20)30(38)24(29)14-18-15-26-28(36(18)12-6-1-7-13-36)34-35(42-26)33-27(43-34)17-19(41-33)16-25-31(39)22-10-4-5-11-23(22)32(25)40/h2-5,8-11,14-17H,1,6-7,12-13H2. The SMILES string of the molecule is O=C1C(=CC2=Cc3sc4c(sc5cc(C=C6C(=O)c7ccccc7C6=O)sc54)c3C23CCCCC3)C(=O)c2ccccc21. The van der Waals surface area contributed by atoms with Crippen molar-refractivity contribution in [3.63, 3.8) is 0 Å². The Morgan fingerprint density at radius 2 is 1.16 bits per heavy atom. The molecule has 0 amide bonds. The second-order valence-electron chi connectivity index (χ2n) is 11.7. The number of Topliss-reactive ketones (excluding diaryl/α,β-unsaturated/α-hetero) is 4. The van der Waals surface area contributed by atoms with Crippen LogP contribution in [0.1, 0.15) is 88.9 Å². The molecule has 0 aliphatic heterocycles. The number of rotatable bonds is 2. The van der Waals surface area contributed by atoms with Gasteiger partial charge in [-0.1, -0.05) is 67.8 Å². The average Bonchev–Trinajstić information content (AvgIpc) is 3.82. The van der Waals surface area contributed by atoms with Crippen LogP contribution in [0.5, 0.6) is 0 Å². The Labute approximate surface area is 258 Å². The zero-order chi connectivity index (χ0) is 29.0. The number of carbonyl (C=O) groups excluding carboxylic acids is 4. The smallest absolute Gasteiger partial charge is 0.197 e. The first-order chi connectivity index (χ1) is 20.9. The molecule has 1 spiro atoms. The quantitative estimate of drug-likeness (QED) is 0.147. The molecule has 0 unspecified atom stereocenters. The lowest BCUT2D eigenvalue weighted by Crippen LogP contribution is -2.29. The number of carbonyl (C=O) groups is 4. The van der Waals surface area contributed by atoms with Crippen molar-refractivity contribution >= 4 is 88.1 Å². The predicted octanol–water partition coefficient (Wildman–Crippen LogP) is 9.24. The molecule has 3 aromatic heterocycles. The number of thiophene rings is 3. The zero-order valence-corrected chi connectivity index (χ0v) is 25.3. The first-order valence-corrected chi connectivity index (χ1v) is 16.9. The Bertz CT molecular complexity index is 2170. The number of hydrogen-bond donors (Lipinski definition) is 0. The van der Waals surface area contributed by atoms with E-state index in [9.17, 15) is 19.2 Å².